The lowest BCUT2D eigenvalue weighted by atomic mass is 10.1. The van der Waals surface area contributed by atoms with E-state index in [1.165, 1.54) is 17.1 Å². The van der Waals surface area contributed by atoms with Gasteiger partial charge in [-0.1, -0.05) is 54.1 Å². The molecular formula is C25H31Cl2FN4O2S2. The summed E-state index contributed by atoms with van der Waals surface area (Å²) in [5.74, 6) is -0.362. The molecule has 3 N–H and O–H groups in total. The fraction of sp³-hybridized carbons (Fsp3) is 0.280. The highest BCUT2D eigenvalue weighted by atomic mass is 35.5. The number of nitrogens with one attached hydrogen (secondary N) is 1. The first-order chi connectivity index (χ1) is 17.1. The molecule has 11 heteroatoms. The lowest BCUT2D eigenvalue weighted by Gasteiger charge is -2.15. The van der Waals surface area contributed by atoms with E-state index >= 15 is 0 Å². The van der Waals surface area contributed by atoms with Crippen LogP contribution in [0.15, 0.2) is 82.1 Å². The Morgan fingerprint density at radius 1 is 1.44 bits per heavy atom. The summed E-state index contributed by atoms with van der Waals surface area (Å²) in [6, 6.07) is 5.41. The molecule has 1 aliphatic rings. The van der Waals surface area contributed by atoms with Gasteiger partial charge in [0.1, 0.15) is 16.8 Å². The molecule has 36 heavy (non-hydrogen) atoms. The SMILES string of the molecule is C=CC=CC(C/C(C)=N\SN)S(=O)Nc1ccc(Cl)cc1C.CN(C=O)CC1=C(Cl)C=C(F)C=CC1. The standard InChI is InChI=1S/C15H20ClN3OS2.C10H11ClFNO/c1-4-5-6-14(10-12(3)18-21-17)22(20)19-15-8-7-13(16)9-11(15)2;1-13(7-14)6-8-3-2-4-9(12)5-10(8)11/h4-9,14,19H,1,10,17H2,2-3H3;2,4-5,7H,3,6H2,1H3/b6-5?,18-12-;. The zero-order chi connectivity index (χ0) is 27.1. The first-order valence-electron chi connectivity index (χ1n) is 10.8. The first-order valence-corrected chi connectivity index (χ1v) is 13.6. The van der Waals surface area contributed by atoms with Crippen LogP contribution >= 0.6 is 35.3 Å². The molecule has 0 spiro atoms. The molecule has 2 unspecified atom stereocenters. The number of carbonyl (C=O) groups is 1. The predicted molar refractivity (Wildman–Crippen MR) is 155 cm³/mol. The van der Waals surface area contributed by atoms with Crippen LogP contribution in [0.4, 0.5) is 10.1 Å². The largest absolute Gasteiger partial charge is 0.344 e. The minimum atomic E-state index is -1.31. The summed E-state index contributed by atoms with van der Waals surface area (Å²) in [4.78, 5) is 11.8. The van der Waals surface area contributed by atoms with E-state index in [2.05, 4.69) is 15.7 Å². The molecule has 0 saturated heterocycles. The normalized spacial score (nSPS) is 15.4. The second-order valence-corrected chi connectivity index (χ2v) is 10.4. The Kier molecular flexibility index (Phi) is 15.3. The third-order valence-electron chi connectivity index (χ3n) is 4.70. The van der Waals surface area contributed by atoms with Gasteiger partial charge < -0.3 is 9.62 Å². The van der Waals surface area contributed by atoms with E-state index in [1.54, 1.807) is 31.3 Å². The summed E-state index contributed by atoms with van der Waals surface area (Å²) in [6.07, 6.45) is 11.4. The summed E-state index contributed by atoms with van der Waals surface area (Å²) in [7, 11) is 0.342. The second-order valence-electron chi connectivity index (χ2n) is 7.76. The predicted octanol–water partition coefficient (Wildman–Crippen LogP) is 6.59. The van der Waals surface area contributed by atoms with Gasteiger partial charge in [0, 0.05) is 41.5 Å². The summed E-state index contributed by atoms with van der Waals surface area (Å²) in [6.45, 7) is 7.84. The number of nitrogens with zero attached hydrogens (tertiary/aromatic N) is 2. The van der Waals surface area contributed by atoms with E-state index < -0.39 is 11.0 Å². The van der Waals surface area contributed by atoms with E-state index in [0.29, 0.717) is 35.9 Å². The van der Waals surface area contributed by atoms with Gasteiger partial charge in [0.05, 0.1) is 17.4 Å². The Balaban J connectivity index is 0.000000397. The summed E-state index contributed by atoms with van der Waals surface area (Å²) in [5.41, 5.74) is 3.40. The maximum Gasteiger partial charge on any atom is 0.209 e. The molecule has 1 aromatic rings. The van der Waals surface area contributed by atoms with Crippen LogP contribution in [-0.4, -0.2) is 40.1 Å². The number of benzene rings is 1. The summed E-state index contributed by atoms with van der Waals surface area (Å²) >= 11 is 12.7. The van der Waals surface area contributed by atoms with Gasteiger partial charge in [-0.05, 0) is 61.8 Å². The van der Waals surface area contributed by atoms with Crippen LogP contribution in [0.5, 0.6) is 0 Å². The number of hydrogen-bond acceptors (Lipinski definition) is 5. The van der Waals surface area contributed by atoms with Gasteiger partial charge in [0.2, 0.25) is 6.41 Å². The molecular weight excluding hydrogens is 542 g/mol. The Labute approximate surface area is 229 Å². The minimum Gasteiger partial charge on any atom is -0.344 e. The molecule has 0 radical (unpaired) electrons. The van der Waals surface area contributed by atoms with Crippen molar-refractivity contribution in [2.45, 2.75) is 31.9 Å². The molecule has 0 bridgehead atoms. The third-order valence-corrected chi connectivity index (χ3v) is 7.03. The Bertz CT molecular complexity index is 1090. The number of likely N-dealkylation sites (N-methyl/N-ethyl adjacent to an activating group) is 1. The quantitative estimate of drug-likeness (QED) is 0.135. The lowest BCUT2D eigenvalue weighted by Crippen LogP contribution is -2.22. The lowest BCUT2D eigenvalue weighted by molar-refractivity contribution is -0.116. The van der Waals surface area contributed by atoms with Gasteiger partial charge in [-0.25, -0.2) is 13.0 Å². The number of amides is 1. The van der Waals surface area contributed by atoms with Crippen LogP contribution < -0.4 is 9.86 Å². The smallest absolute Gasteiger partial charge is 0.209 e. The second kappa shape index (κ2) is 17.3. The molecule has 196 valence electrons. The van der Waals surface area contributed by atoms with Gasteiger partial charge in [-0.15, -0.1) is 0 Å². The van der Waals surface area contributed by atoms with Gasteiger partial charge in [0.25, 0.3) is 0 Å². The number of nitrogens with two attached hydrogens (primary N) is 1. The van der Waals surface area contributed by atoms with Crippen molar-refractivity contribution < 1.29 is 13.4 Å². The van der Waals surface area contributed by atoms with Gasteiger partial charge in [-0.3, -0.25) is 9.93 Å². The van der Waals surface area contributed by atoms with Crippen molar-refractivity contribution in [2.24, 2.45) is 9.54 Å². The maximum absolute atomic E-state index is 12.9. The van der Waals surface area contributed by atoms with Gasteiger partial charge in [0.15, 0.2) is 0 Å². The number of rotatable bonds is 11. The summed E-state index contributed by atoms with van der Waals surface area (Å²) < 4.78 is 32.5. The Morgan fingerprint density at radius 2 is 2.17 bits per heavy atom. The fourth-order valence-electron chi connectivity index (χ4n) is 2.92. The molecule has 0 heterocycles. The zero-order valence-electron chi connectivity index (χ0n) is 20.4. The van der Waals surface area contributed by atoms with Gasteiger partial charge >= 0.3 is 0 Å². The van der Waals surface area contributed by atoms with E-state index in [-0.39, 0.29) is 11.1 Å². The molecule has 2 rings (SSSR count). The number of hydrogen-bond donors (Lipinski definition) is 2. The average Bonchev–Trinajstić information content (AvgIpc) is 2.98. The van der Waals surface area contributed by atoms with Crippen molar-refractivity contribution in [1.29, 1.82) is 0 Å². The Morgan fingerprint density at radius 3 is 2.78 bits per heavy atom. The van der Waals surface area contributed by atoms with Crippen LogP contribution in [-0.2, 0) is 15.8 Å². The van der Waals surface area contributed by atoms with Crippen molar-refractivity contribution >= 4 is 64.1 Å². The minimum absolute atomic E-state index is 0.232. The molecule has 6 nitrogen and oxygen atoms in total. The van der Waals surface area contributed by atoms with Crippen molar-refractivity contribution in [1.82, 2.24) is 4.90 Å². The van der Waals surface area contributed by atoms with Crippen LogP contribution in [0.1, 0.15) is 25.3 Å². The van der Waals surface area contributed by atoms with Crippen molar-refractivity contribution in [3.05, 3.63) is 88.3 Å². The van der Waals surface area contributed by atoms with Crippen molar-refractivity contribution in [3.63, 3.8) is 0 Å². The zero-order valence-corrected chi connectivity index (χ0v) is 23.6. The molecule has 2 atom stereocenters. The number of carbonyl (C=O) groups excluding carboxylic acids is 1. The molecule has 0 aliphatic heterocycles. The average molecular weight is 574 g/mol. The molecule has 1 aromatic carbocycles. The highest BCUT2D eigenvalue weighted by Crippen LogP contribution is 2.23. The van der Waals surface area contributed by atoms with Crippen LogP contribution in [0, 0.1) is 6.92 Å². The van der Waals surface area contributed by atoms with Crippen LogP contribution in [0.25, 0.3) is 0 Å². The number of halogens is 3. The summed E-state index contributed by atoms with van der Waals surface area (Å²) in [5, 5.41) is 6.13. The highest BCUT2D eigenvalue weighted by molar-refractivity contribution is 7.95. The molecule has 0 fully saturated rings. The van der Waals surface area contributed by atoms with E-state index in [4.69, 9.17) is 28.3 Å². The molecule has 0 aromatic heterocycles. The molecule has 1 aliphatic carbocycles. The van der Waals surface area contributed by atoms with Crippen molar-refractivity contribution in [2.75, 3.05) is 18.3 Å². The maximum atomic E-state index is 12.9. The fourth-order valence-corrected chi connectivity index (χ4v) is 4.87. The van der Waals surface area contributed by atoms with E-state index in [0.717, 1.165) is 34.7 Å². The van der Waals surface area contributed by atoms with E-state index in [9.17, 15) is 13.4 Å². The van der Waals surface area contributed by atoms with E-state index in [1.807, 2.05) is 32.1 Å². The van der Waals surface area contributed by atoms with Gasteiger partial charge in [-0.2, -0.15) is 0 Å². The molecule has 0 saturated carbocycles. The number of allylic oxidation sites excluding steroid dienone is 7. The topological polar surface area (TPSA) is 87.8 Å². The Hall–Kier alpha value is -2.17. The number of aryl methyl sites for hydroxylation is 1. The van der Waals surface area contributed by atoms with Crippen LogP contribution in [0.3, 0.4) is 0 Å². The first kappa shape index (κ1) is 31.9. The van der Waals surface area contributed by atoms with Crippen LogP contribution in [0.2, 0.25) is 5.02 Å². The number of anilines is 1. The van der Waals surface area contributed by atoms with Crippen molar-refractivity contribution in [3.8, 4) is 0 Å². The highest BCUT2D eigenvalue weighted by Gasteiger charge is 2.16. The molecule has 1 amide bonds. The third kappa shape index (κ3) is 12.2. The monoisotopic (exact) mass is 572 g/mol.